The number of nitrogens with zero attached hydrogens (tertiary/aromatic N) is 2. The Kier molecular flexibility index (Phi) is 2.77. The van der Waals surface area contributed by atoms with Gasteiger partial charge in [-0.15, -0.1) is 0 Å². The number of pyridine rings is 1. The number of nitrogens with one attached hydrogen (secondary N) is 1. The van der Waals surface area contributed by atoms with Crippen molar-refractivity contribution in [3.63, 3.8) is 0 Å². The van der Waals surface area contributed by atoms with Crippen LogP contribution in [-0.2, 0) is 5.54 Å². The minimum atomic E-state index is -0.607. The van der Waals surface area contributed by atoms with Crippen molar-refractivity contribution < 1.29 is 0 Å². The molecule has 17 heavy (non-hydrogen) atoms. The smallest absolute Gasteiger partial charge is 0.321 e. The first-order valence-corrected chi connectivity index (χ1v) is 5.28. The standard InChI is InChI=1S/C12H14N4O/c1-12(2,13)10-7-9(15-11(17)16-10)8-3-5-14-6-4-8/h3-7H,13H2,1-2H3,(H,15,16,17). The van der Waals surface area contributed by atoms with E-state index in [-0.39, 0.29) is 0 Å². The first-order chi connectivity index (χ1) is 7.97. The van der Waals surface area contributed by atoms with E-state index < -0.39 is 11.2 Å². The van der Waals surface area contributed by atoms with Gasteiger partial charge in [0.2, 0.25) is 0 Å². The van der Waals surface area contributed by atoms with Crippen LogP contribution in [0.4, 0.5) is 0 Å². The lowest BCUT2D eigenvalue weighted by atomic mass is 10.0. The SMILES string of the molecule is CC(C)(N)c1cc(-c2ccncc2)nc(=O)[nH]1. The monoisotopic (exact) mass is 230 g/mol. The number of nitrogens with two attached hydrogens (primary N) is 1. The van der Waals surface area contributed by atoms with E-state index in [1.54, 1.807) is 30.6 Å². The van der Waals surface area contributed by atoms with Crippen molar-refractivity contribution in [2.45, 2.75) is 19.4 Å². The third kappa shape index (κ3) is 2.57. The Morgan fingerprint density at radius 3 is 2.53 bits per heavy atom. The highest BCUT2D eigenvalue weighted by atomic mass is 16.1. The van der Waals surface area contributed by atoms with Crippen molar-refractivity contribution in [3.8, 4) is 11.3 Å². The lowest BCUT2D eigenvalue weighted by Gasteiger charge is -2.18. The Balaban J connectivity index is 2.58. The highest BCUT2D eigenvalue weighted by Gasteiger charge is 2.16. The average molecular weight is 230 g/mol. The molecule has 0 fully saturated rings. The van der Waals surface area contributed by atoms with Gasteiger partial charge < -0.3 is 10.7 Å². The van der Waals surface area contributed by atoms with Crippen LogP contribution in [0.2, 0.25) is 0 Å². The summed E-state index contributed by atoms with van der Waals surface area (Å²) in [5.74, 6) is 0. The highest BCUT2D eigenvalue weighted by Crippen LogP contribution is 2.19. The Morgan fingerprint density at radius 1 is 1.29 bits per heavy atom. The van der Waals surface area contributed by atoms with E-state index in [1.165, 1.54) is 0 Å². The van der Waals surface area contributed by atoms with Gasteiger partial charge in [-0.25, -0.2) is 4.79 Å². The molecule has 0 spiro atoms. The molecule has 0 amide bonds. The second-order valence-electron chi connectivity index (χ2n) is 4.44. The maximum atomic E-state index is 11.5. The van der Waals surface area contributed by atoms with Crippen molar-refractivity contribution in [1.82, 2.24) is 15.0 Å². The van der Waals surface area contributed by atoms with Gasteiger partial charge in [-0.2, -0.15) is 4.98 Å². The Hall–Kier alpha value is -2.01. The number of hydrogen-bond donors (Lipinski definition) is 2. The molecule has 0 unspecified atom stereocenters. The van der Waals surface area contributed by atoms with Gasteiger partial charge in [0.05, 0.1) is 11.2 Å². The number of rotatable bonds is 2. The predicted octanol–water partition coefficient (Wildman–Crippen LogP) is 1.03. The number of hydrogen-bond acceptors (Lipinski definition) is 4. The molecular weight excluding hydrogens is 216 g/mol. The molecule has 0 saturated carbocycles. The molecule has 2 aromatic heterocycles. The van der Waals surface area contributed by atoms with Gasteiger partial charge in [-0.1, -0.05) is 0 Å². The van der Waals surface area contributed by atoms with Crippen LogP contribution in [0.15, 0.2) is 35.4 Å². The molecule has 3 N–H and O–H groups in total. The second-order valence-corrected chi connectivity index (χ2v) is 4.44. The lowest BCUT2D eigenvalue weighted by molar-refractivity contribution is 0.531. The molecule has 0 aromatic carbocycles. The van der Waals surface area contributed by atoms with E-state index in [2.05, 4.69) is 15.0 Å². The molecule has 2 heterocycles. The van der Waals surface area contributed by atoms with E-state index in [0.29, 0.717) is 11.4 Å². The Labute approximate surface area is 98.7 Å². The lowest BCUT2D eigenvalue weighted by Crippen LogP contribution is -2.32. The summed E-state index contributed by atoms with van der Waals surface area (Å²) in [5.41, 5.74) is 7.06. The molecule has 0 aliphatic heterocycles. The third-order valence-electron chi connectivity index (χ3n) is 2.41. The van der Waals surface area contributed by atoms with Gasteiger partial charge in [0, 0.05) is 23.7 Å². The van der Waals surface area contributed by atoms with Crippen LogP contribution in [0.5, 0.6) is 0 Å². The minimum Gasteiger partial charge on any atom is -0.321 e. The number of H-pyrrole nitrogens is 1. The fourth-order valence-electron chi connectivity index (χ4n) is 1.48. The van der Waals surface area contributed by atoms with E-state index in [9.17, 15) is 4.79 Å². The molecule has 5 heteroatoms. The normalized spacial score (nSPS) is 11.5. The van der Waals surface area contributed by atoms with Crippen molar-refractivity contribution >= 4 is 0 Å². The molecular formula is C12H14N4O. The van der Waals surface area contributed by atoms with Crippen LogP contribution in [0.25, 0.3) is 11.3 Å². The summed E-state index contributed by atoms with van der Waals surface area (Å²) in [6.07, 6.45) is 3.32. The van der Waals surface area contributed by atoms with Crippen LogP contribution < -0.4 is 11.4 Å². The minimum absolute atomic E-state index is 0.396. The Bertz CT molecular complexity index is 569. The van der Waals surface area contributed by atoms with Crippen LogP contribution >= 0.6 is 0 Å². The molecule has 0 radical (unpaired) electrons. The molecule has 2 rings (SSSR count). The quantitative estimate of drug-likeness (QED) is 0.806. The molecule has 0 aliphatic carbocycles. The highest BCUT2D eigenvalue weighted by molar-refractivity contribution is 5.58. The van der Waals surface area contributed by atoms with Crippen LogP contribution in [0.1, 0.15) is 19.5 Å². The fraction of sp³-hybridized carbons (Fsp3) is 0.250. The van der Waals surface area contributed by atoms with Crippen molar-refractivity contribution in [2.24, 2.45) is 5.73 Å². The van der Waals surface area contributed by atoms with Gasteiger partial charge >= 0.3 is 5.69 Å². The summed E-state index contributed by atoms with van der Waals surface area (Å²) in [5, 5.41) is 0. The van der Waals surface area contributed by atoms with E-state index in [1.807, 2.05) is 13.8 Å². The molecule has 0 aliphatic rings. The first kappa shape index (κ1) is 11.5. The maximum Gasteiger partial charge on any atom is 0.345 e. The van der Waals surface area contributed by atoms with Crippen LogP contribution in [-0.4, -0.2) is 15.0 Å². The zero-order chi connectivity index (χ0) is 12.5. The maximum absolute atomic E-state index is 11.5. The second kappa shape index (κ2) is 4.10. The van der Waals surface area contributed by atoms with E-state index in [4.69, 9.17) is 5.73 Å². The third-order valence-corrected chi connectivity index (χ3v) is 2.41. The van der Waals surface area contributed by atoms with E-state index >= 15 is 0 Å². The molecule has 0 atom stereocenters. The molecule has 0 bridgehead atoms. The van der Waals surface area contributed by atoms with Gasteiger partial charge in [-0.3, -0.25) is 4.98 Å². The van der Waals surface area contributed by atoms with Crippen LogP contribution in [0.3, 0.4) is 0 Å². The zero-order valence-electron chi connectivity index (χ0n) is 9.77. The van der Waals surface area contributed by atoms with Crippen LogP contribution in [0, 0.1) is 0 Å². The summed E-state index contributed by atoms with van der Waals surface area (Å²) in [4.78, 5) is 22.0. The summed E-state index contributed by atoms with van der Waals surface area (Å²) >= 11 is 0. The molecule has 0 saturated heterocycles. The fourth-order valence-corrected chi connectivity index (χ4v) is 1.48. The van der Waals surface area contributed by atoms with E-state index in [0.717, 1.165) is 5.56 Å². The zero-order valence-corrected chi connectivity index (χ0v) is 9.77. The van der Waals surface area contributed by atoms with Crippen molar-refractivity contribution in [2.75, 3.05) is 0 Å². The van der Waals surface area contributed by atoms with Gasteiger partial charge in [0.1, 0.15) is 0 Å². The van der Waals surface area contributed by atoms with Gasteiger partial charge in [-0.05, 0) is 32.0 Å². The summed E-state index contributed by atoms with van der Waals surface area (Å²) < 4.78 is 0. The van der Waals surface area contributed by atoms with Gasteiger partial charge in [0.15, 0.2) is 0 Å². The summed E-state index contributed by atoms with van der Waals surface area (Å²) in [6, 6.07) is 5.39. The summed E-state index contributed by atoms with van der Waals surface area (Å²) in [7, 11) is 0. The van der Waals surface area contributed by atoms with Crippen molar-refractivity contribution in [3.05, 3.63) is 46.8 Å². The summed E-state index contributed by atoms with van der Waals surface area (Å²) in [6.45, 7) is 3.66. The largest absolute Gasteiger partial charge is 0.345 e. The Morgan fingerprint density at radius 2 is 1.94 bits per heavy atom. The molecule has 5 nitrogen and oxygen atoms in total. The van der Waals surface area contributed by atoms with Gasteiger partial charge in [0.25, 0.3) is 0 Å². The van der Waals surface area contributed by atoms with Crippen molar-refractivity contribution in [1.29, 1.82) is 0 Å². The molecule has 88 valence electrons. The number of aromatic nitrogens is 3. The topological polar surface area (TPSA) is 84.7 Å². The molecule has 2 aromatic rings. The average Bonchev–Trinajstić information content (AvgIpc) is 2.28. The number of aromatic amines is 1. The predicted molar refractivity (Wildman–Crippen MR) is 65.3 cm³/mol. The first-order valence-electron chi connectivity index (χ1n) is 5.28.